The number of anilines is 1. The Hall–Kier alpha value is -2.94. The van der Waals surface area contributed by atoms with E-state index in [0.29, 0.717) is 12.0 Å². The quantitative estimate of drug-likeness (QED) is 0.631. The van der Waals surface area contributed by atoms with Crippen LogP contribution in [-0.4, -0.2) is 20.2 Å². The fourth-order valence-corrected chi connectivity index (χ4v) is 4.25. The minimum absolute atomic E-state index is 0.0147. The Morgan fingerprint density at radius 3 is 2.46 bits per heavy atom. The molecule has 0 aliphatic rings. The molecule has 1 N–H and O–H groups in total. The van der Waals surface area contributed by atoms with Crippen molar-refractivity contribution in [3.05, 3.63) is 71.1 Å². The highest BCUT2D eigenvalue weighted by molar-refractivity contribution is 7.92. The van der Waals surface area contributed by atoms with Gasteiger partial charge in [0.05, 0.1) is 0 Å². The Bertz CT molecular complexity index is 1050. The van der Waals surface area contributed by atoms with Gasteiger partial charge in [-0.1, -0.05) is 35.5 Å². The Morgan fingerprint density at radius 1 is 1.14 bits per heavy atom. The standard InChI is InChI=1S/C19H18F2N2O4S/c1-12-18(13(2)27-22-12)28(24,25)23-16-8-9-17(26-19(20)21)15(11-16)10-14-6-4-3-5-7-14/h3-9,11,19,23H,10H2,1-2H3. The van der Waals surface area contributed by atoms with E-state index < -0.39 is 16.6 Å². The number of aromatic nitrogens is 1. The first-order valence-electron chi connectivity index (χ1n) is 8.33. The smallest absolute Gasteiger partial charge is 0.387 e. The Labute approximate surface area is 161 Å². The highest BCUT2D eigenvalue weighted by Gasteiger charge is 2.24. The van der Waals surface area contributed by atoms with Crippen LogP contribution >= 0.6 is 0 Å². The third-order valence-corrected chi connectivity index (χ3v) is 5.63. The van der Waals surface area contributed by atoms with Gasteiger partial charge in [-0.05, 0) is 37.6 Å². The normalized spacial score (nSPS) is 11.6. The summed E-state index contributed by atoms with van der Waals surface area (Å²) in [5.74, 6) is 0.145. The molecule has 1 heterocycles. The van der Waals surface area contributed by atoms with Crippen LogP contribution in [0, 0.1) is 13.8 Å². The molecule has 0 aliphatic carbocycles. The molecule has 3 rings (SSSR count). The minimum atomic E-state index is -3.95. The Balaban J connectivity index is 1.95. The van der Waals surface area contributed by atoms with Crippen molar-refractivity contribution in [3.8, 4) is 5.75 Å². The van der Waals surface area contributed by atoms with E-state index >= 15 is 0 Å². The van der Waals surface area contributed by atoms with Crippen molar-refractivity contribution in [1.29, 1.82) is 0 Å². The lowest BCUT2D eigenvalue weighted by molar-refractivity contribution is -0.0503. The second kappa shape index (κ2) is 7.97. The summed E-state index contributed by atoms with van der Waals surface area (Å²) in [6, 6.07) is 13.3. The Morgan fingerprint density at radius 2 is 1.86 bits per heavy atom. The number of rotatable bonds is 7. The molecule has 6 nitrogen and oxygen atoms in total. The summed E-state index contributed by atoms with van der Waals surface area (Å²) in [6.45, 7) is 0.0276. The van der Waals surface area contributed by atoms with E-state index in [-0.39, 0.29) is 27.8 Å². The van der Waals surface area contributed by atoms with E-state index in [1.807, 2.05) is 30.3 Å². The van der Waals surface area contributed by atoms with Crippen molar-refractivity contribution in [3.63, 3.8) is 0 Å². The van der Waals surface area contributed by atoms with Gasteiger partial charge in [-0.15, -0.1) is 0 Å². The summed E-state index contributed by atoms with van der Waals surface area (Å²) in [5.41, 5.74) is 1.73. The molecule has 0 aliphatic heterocycles. The number of alkyl halides is 2. The summed E-state index contributed by atoms with van der Waals surface area (Å²) in [6.07, 6.45) is 0.295. The first kappa shape index (κ1) is 19.8. The molecular formula is C19H18F2N2O4S. The third-order valence-electron chi connectivity index (χ3n) is 4.00. The summed E-state index contributed by atoms with van der Waals surface area (Å²) in [4.78, 5) is -0.0509. The predicted molar refractivity (Wildman–Crippen MR) is 99.1 cm³/mol. The zero-order chi connectivity index (χ0) is 20.3. The maximum absolute atomic E-state index is 12.7. The molecule has 0 unspecified atom stereocenters. The average Bonchev–Trinajstić information content (AvgIpc) is 2.97. The predicted octanol–water partition coefficient (Wildman–Crippen LogP) is 4.28. The van der Waals surface area contributed by atoms with Crippen molar-refractivity contribution < 1.29 is 26.5 Å². The molecule has 0 saturated carbocycles. The molecule has 0 spiro atoms. The van der Waals surface area contributed by atoms with Crippen molar-refractivity contribution >= 4 is 15.7 Å². The van der Waals surface area contributed by atoms with Gasteiger partial charge >= 0.3 is 6.61 Å². The van der Waals surface area contributed by atoms with Crippen molar-refractivity contribution in [1.82, 2.24) is 5.16 Å². The van der Waals surface area contributed by atoms with Crippen molar-refractivity contribution in [2.24, 2.45) is 0 Å². The zero-order valence-electron chi connectivity index (χ0n) is 15.1. The minimum Gasteiger partial charge on any atom is -0.435 e. The number of hydrogen-bond acceptors (Lipinski definition) is 5. The van der Waals surface area contributed by atoms with Gasteiger partial charge in [0, 0.05) is 17.7 Å². The second-order valence-corrected chi connectivity index (χ2v) is 7.74. The van der Waals surface area contributed by atoms with Crippen LogP contribution in [0.5, 0.6) is 5.75 Å². The van der Waals surface area contributed by atoms with Gasteiger partial charge in [-0.25, -0.2) is 8.42 Å². The number of halogens is 2. The lowest BCUT2D eigenvalue weighted by Crippen LogP contribution is -2.15. The van der Waals surface area contributed by atoms with Gasteiger partial charge in [0.15, 0.2) is 10.7 Å². The number of sulfonamides is 1. The second-order valence-electron chi connectivity index (χ2n) is 6.12. The average molecular weight is 408 g/mol. The van der Waals surface area contributed by atoms with Gasteiger partial charge in [-0.3, -0.25) is 4.72 Å². The first-order valence-corrected chi connectivity index (χ1v) is 9.82. The molecule has 0 saturated heterocycles. The van der Waals surface area contributed by atoms with Crippen molar-refractivity contribution in [2.45, 2.75) is 31.8 Å². The SMILES string of the molecule is Cc1noc(C)c1S(=O)(=O)Nc1ccc(OC(F)F)c(Cc2ccccc2)c1. The molecule has 0 amide bonds. The van der Waals surface area contributed by atoms with E-state index in [0.717, 1.165) is 5.56 Å². The Kier molecular flexibility index (Phi) is 5.64. The monoisotopic (exact) mass is 408 g/mol. The summed E-state index contributed by atoms with van der Waals surface area (Å²) < 4.78 is 62.7. The first-order chi connectivity index (χ1) is 13.3. The number of nitrogens with zero attached hydrogens (tertiary/aromatic N) is 1. The maximum atomic E-state index is 12.7. The maximum Gasteiger partial charge on any atom is 0.387 e. The van der Waals surface area contributed by atoms with E-state index in [1.54, 1.807) is 0 Å². The molecule has 0 atom stereocenters. The van der Waals surface area contributed by atoms with Gasteiger partial charge in [0.25, 0.3) is 10.0 Å². The topological polar surface area (TPSA) is 81.4 Å². The van der Waals surface area contributed by atoms with Crippen LogP contribution in [0.2, 0.25) is 0 Å². The molecule has 148 valence electrons. The summed E-state index contributed by atoms with van der Waals surface area (Å²) >= 11 is 0. The number of hydrogen-bond donors (Lipinski definition) is 1. The van der Waals surface area contributed by atoms with Gasteiger partial charge in [0.2, 0.25) is 0 Å². The lowest BCUT2D eigenvalue weighted by Gasteiger charge is -2.14. The van der Waals surface area contributed by atoms with E-state index in [9.17, 15) is 17.2 Å². The van der Waals surface area contributed by atoms with Crippen LogP contribution < -0.4 is 9.46 Å². The molecule has 0 radical (unpaired) electrons. The molecule has 28 heavy (non-hydrogen) atoms. The van der Waals surface area contributed by atoms with Crippen molar-refractivity contribution in [2.75, 3.05) is 4.72 Å². The summed E-state index contributed by atoms with van der Waals surface area (Å²) in [5, 5.41) is 3.65. The highest BCUT2D eigenvalue weighted by Crippen LogP contribution is 2.29. The third kappa shape index (κ3) is 4.48. The molecule has 2 aromatic carbocycles. The number of aryl methyl sites for hydroxylation is 2. The van der Waals surface area contributed by atoms with E-state index in [2.05, 4.69) is 14.6 Å². The fraction of sp³-hybridized carbons (Fsp3) is 0.211. The molecule has 1 aromatic heterocycles. The van der Waals surface area contributed by atoms with Crippen LogP contribution in [0.1, 0.15) is 22.6 Å². The van der Waals surface area contributed by atoms with Crippen LogP contribution in [0.25, 0.3) is 0 Å². The highest BCUT2D eigenvalue weighted by atomic mass is 32.2. The lowest BCUT2D eigenvalue weighted by atomic mass is 10.0. The van der Waals surface area contributed by atoms with E-state index in [1.165, 1.54) is 32.0 Å². The molecule has 0 bridgehead atoms. The van der Waals surface area contributed by atoms with E-state index in [4.69, 9.17) is 4.52 Å². The number of benzene rings is 2. The number of nitrogens with one attached hydrogen (secondary N) is 1. The zero-order valence-corrected chi connectivity index (χ0v) is 16.0. The molecule has 9 heteroatoms. The van der Waals surface area contributed by atoms with Crippen LogP contribution in [-0.2, 0) is 16.4 Å². The fourth-order valence-electron chi connectivity index (χ4n) is 2.87. The molecular weight excluding hydrogens is 390 g/mol. The number of ether oxygens (including phenoxy) is 1. The van der Waals surface area contributed by atoms with Gasteiger partial charge in [0.1, 0.15) is 11.4 Å². The largest absolute Gasteiger partial charge is 0.435 e. The van der Waals surface area contributed by atoms with Gasteiger partial charge < -0.3 is 9.26 Å². The van der Waals surface area contributed by atoms with Crippen LogP contribution in [0.3, 0.4) is 0 Å². The van der Waals surface area contributed by atoms with Crippen LogP contribution in [0.4, 0.5) is 14.5 Å². The van der Waals surface area contributed by atoms with Crippen LogP contribution in [0.15, 0.2) is 57.9 Å². The molecule has 3 aromatic rings. The molecule has 0 fully saturated rings. The summed E-state index contributed by atoms with van der Waals surface area (Å²) in [7, 11) is -3.95. The van der Waals surface area contributed by atoms with Gasteiger partial charge in [-0.2, -0.15) is 8.78 Å².